The Hall–Kier alpha value is -1.55. The van der Waals surface area contributed by atoms with Gasteiger partial charge in [-0.25, -0.2) is 0 Å². The molecule has 4 nitrogen and oxygen atoms in total. The van der Waals surface area contributed by atoms with Gasteiger partial charge < -0.3 is 15.3 Å². The van der Waals surface area contributed by atoms with Gasteiger partial charge in [-0.1, -0.05) is 13.8 Å². The molecule has 2 atom stereocenters. The van der Waals surface area contributed by atoms with Crippen LogP contribution in [0.2, 0.25) is 0 Å². The van der Waals surface area contributed by atoms with E-state index in [0.717, 1.165) is 30.8 Å². The molecule has 3 rings (SSSR count). The van der Waals surface area contributed by atoms with Crippen LogP contribution in [0.3, 0.4) is 0 Å². The van der Waals surface area contributed by atoms with Crippen molar-refractivity contribution in [2.45, 2.75) is 45.8 Å². The highest BCUT2D eigenvalue weighted by molar-refractivity contribution is 5.94. The Morgan fingerprint density at radius 3 is 2.80 bits per heavy atom. The minimum Gasteiger partial charge on any atom is -0.392 e. The van der Waals surface area contributed by atoms with Gasteiger partial charge in [-0.2, -0.15) is 0 Å². The molecule has 1 heterocycles. The van der Waals surface area contributed by atoms with Crippen molar-refractivity contribution in [3.8, 4) is 0 Å². The van der Waals surface area contributed by atoms with E-state index in [9.17, 15) is 9.90 Å². The van der Waals surface area contributed by atoms with Crippen molar-refractivity contribution in [1.29, 1.82) is 0 Å². The smallest absolute Gasteiger partial charge is 0.223 e. The van der Waals surface area contributed by atoms with Crippen LogP contribution >= 0.6 is 0 Å². The molecule has 0 bridgehead atoms. The van der Waals surface area contributed by atoms with E-state index in [2.05, 4.69) is 25.2 Å². The number of benzene rings is 1. The van der Waals surface area contributed by atoms with Crippen LogP contribution in [0.4, 0.5) is 11.4 Å². The third-order valence-electron chi connectivity index (χ3n) is 4.91. The first-order valence-electron chi connectivity index (χ1n) is 7.25. The minimum absolute atomic E-state index is 0.0789. The second-order valence-electron chi connectivity index (χ2n) is 6.53. The third kappa shape index (κ3) is 1.99. The van der Waals surface area contributed by atoms with Gasteiger partial charge in [0.1, 0.15) is 0 Å². The highest BCUT2D eigenvalue weighted by atomic mass is 16.3. The number of amides is 1. The topological polar surface area (TPSA) is 52.6 Å². The van der Waals surface area contributed by atoms with Gasteiger partial charge in [-0.15, -0.1) is 0 Å². The van der Waals surface area contributed by atoms with Crippen molar-refractivity contribution in [2.75, 3.05) is 16.8 Å². The van der Waals surface area contributed by atoms with Crippen LogP contribution in [0.25, 0.3) is 0 Å². The van der Waals surface area contributed by atoms with Crippen LogP contribution in [0.15, 0.2) is 18.2 Å². The molecule has 108 valence electrons. The summed E-state index contributed by atoms with van der Waals surface area (Å²) in [5, 5.41) is 13.3. The molecule has 2 N–H and O–H groups in total. The largest absolute Gasteiger partial charge is 0.392 e. The lowest BCUT2D eigenvalue weighted by molar-refractivity contribution is -0.116. The number of fused-ring (bicyclic) bond motifs is 1. The highest BCUT2D eigenvalue weighted by Crippen LogP contribution is 2.42. The molecule has 1 aliphatic heterocycles. The number of aliphatic hydroxyl groups excluding tert-OH is 1. The molecule has 1 fully saturated rings. The Balaban J connectivity index is 1.76. The number of aliphatic hydroxyl groups is 1. The summed E-state index contributed by atoms with van der Waals surface area (Å²) in [6.07, 6.45) is 1.49. The summed E-state index contributed by atoms with van der Waals surface area (Å²) in [6, 6.07) is 6.49. The molecule has 1 amide bonds. The van der Waals surface area contributed by atoms with Gasteiger partial charge in [-0.3, -0.25) is 4.79 Å². The van der Waals surface area contributed by atoms with E-state index < -0.39 is 0 Å². The van der Waals surface area contributed by atoms with E-state index in [1.54, 1.807) is 6.92 Å². The molecule has 1 aliphatic carbocycles. The van der Waals surface area contributed by atoms with E-state index >= 15 is 0 Å². The van der Waals surface area contributed by atoms with Gasteiger partial charge in [0.15, 0.2) is 0 Å². The molecule has 1 aromatic carbocycles. The first-order chi connectivity index (χ1) is 9.39. The van der Waals surface area contributed by atoms with Crippen LogP contribution in [0.1, 0.15) is 32.8 Å². The molecular formula is C16H22N2O2. The Kier molecular flexibility index (Phi) is 3.01. The molecule has 0 aromatic heterocycles. The van der Waals surface area contributed by atoms with Crippen molar-refractivity contribution in [2.24, 2.45) is 5.41 Å². The predicted octanol–water partition coefficient (Wildman–Crippen LogP) is 2.17. The van der Waals surface area contributed by atoms with Gasteiger partial charge in [0.2, 0.25) is 5.91 Å². The molecule has 0 spiro atoms. The van der Waals surface area contributed by atoms with Gasteiger partial charge in [-0.05, 0) is 36.6 Å². The summed E-state index contributed by atoms with van der Waals surface area (Å²) in [4.78, 5) is 13.4. The summed E-state index contributed by atoms with van der Waals surface area (Å²) in [5.41, 5.74) is 3.27. The first-order valence-corrected chi connectivity index (χ1v) is 7.25. The number of carbonyl (C=O) groups excluding carboxylic acids is 1. The average molecular weight is 274 g/mol. The summed E-state index contributed by atoms with van der Waals surface area (Å²) >= 11 is 0. The zero-order valence-electron chi connectivity index (χ0n) is 12.3. The number of carbonyl (C=O) groups is 1. The van der Waals surface area contributed by atoms with Crippen LogP contribution in [-0.4, -0.2) is 29.7 Å². The maximum atomic E-state index is 11.5. The lowest BCUT2D eigenvalue weighted by atomic mass is 9.64. The summed E-state index contributed by atoms with van der Waals surface area (Å²) in [7, 11) is 0. The SMILES string of the molecule is CC(=O)N1CCc2cc(NC3CC(O)C3(C)C)ccc21. The van der Waals surface area contributed by atoms with Crippen molar-refractivity contribution < 1.29 is 9.90 Å². The monoisotopic (exact) mass is 274 g/mol. The number of nitrogens with one attached hydrogen (secondary N) is 1. The summed E-state index contributed by atoms with van der Waals surface area (Å²) in [5.74, 6) is 0.104. The molecule has 20 heavy (non-hydrogen) atoms. The zero-order chi connectivity index (χ0) is 14.5. The second kappa shape index (κ2) is 4.48. The van der Waals surface area contributed by atoms with Crippen molar-refractivity contribution in [1.82, 2.24) is 0 Å². The minimum atomic E-state index is -0.220. The highest BCUT2D eigenvalue weighted by Gasteiger charge is 2.47. The van der Waals surface area contributed by atoms with Crippen molar-refractivity contribution >= 4 is 17.3 Å². The molecule has 2 unspecified atom stereocenters. The molecular weight excluding hydrogens is 252 g/mol. The molecule has 2 aliphatic rings. The Morgan fingerprint density at radius 1 is 1.45 bits per heavy atom. The summed E-state index contributed by atoms with van der Waals surface area (Å²) in [6.45, 7) is 6.56. The van der Waals surface area contributed by atoms with Gasteiger partial charge in [0, 0.05) is 36.3 Å². The lowest BCUT2D eigenvalue weighted by Gasteiger charge is -2.49. The van der Waals surface area contributed by atoms with Crippen LogP contribution in [0, 0.1) is 5.41 Å². The van der Waals surface area contributed by atoms with E-state index in [4.69, 9.17) is 0 Å². The van der Waals surface area contributed by atoms with Crippen molar-refractivity contribution in [3.05, 3.63) is 23.8 Å². The van der Waals surface area contributed by atoms with Crippen molar-refractivity contribution in [3.63, 3.8) is 0 Å². The quantitative estimate of drug-likeness (QED) is 0.869. The number of anilines is 2. The van der Waals surface area contributed by atoms with Crippen LogP contribution in [-0.2, 0) is 11.2 Å². The van der Waals surface area contributed by atoms with E-state index in [1.165, 1.54) is 5.56 Å². The van der Waals surface area contributed by atoms with Gasteiger partial charge in [0.05, 0.1) is 6.10 Å². The van der Waals surface area contributed by atoms with E-state index in [1.807, 2.05) is 17.0 Å². The Bertz CT molecular complexity index is 553. The standard InChI is InChI=1S/C16H22N2O2/c1-10(19)18-7-6-11-8-12(4-5-13(11)18)17-14-9-15(20)16(14,2)3/h4-5,8,14-15,17,20H,6-7,9H2,1-3H3. The van der Waals surface area contributed by atoms with Crippen LogP contribution in [0.5, 0.6) is 0 Å². The Morgan fingerprint density at radius 2 is 2.20 bits per heavy atom. The maximum absolute atomic E-state index is 11.5. The first kappa shape index (κ1) is 13.4. The predicted molar refractivity (Wildman–Crippen MR) is 80.0 cm³/mol. The number of nitrogens with zero attached hydrogens (tertiary/aromatic N) is 1. The van der Waals surface area contributed by atoms with Gasteiger partial charge in [0.25, 0.3) is 0 Å². The Labute approximate surface area is 119 Å². The lowest BCUT2D eigenvalue weighted by Crippen LogP contribution is -2.56. The normalized spacial score (nSPS) is 26.9. The third-order valence-corrected chi connectivity index (χ3v) is 4.91. The van der Waals surface area contributed by atoms with E-state index in [0.29, 0.717) is 6.04 Å². The fraction of sp³-hybridized carbons (Fsp3) is 0.562. The van der Waals surface area contributed by atoms with Crippen LogP contribution < -0.4 is 10.2 Å². The average Bonchev–Trinajstić information content (AvgIpc) is 2.81. The van der Waals surface area contributed by atoms with Gasteiger partial charge >= 0.3 is 0 Å². The number of rotatable bonds is 2. The number of hydrogen-bond donors (Lipinski definition) is 2. The number of hydrogen-bond acceptors (Lipinski definition) is 3. The molecule has 1 saturated carbocycles. The molecule has 0 radical (unpaired) electrons. The maximum Gasteiger partial charge on any atom is 0.223 e. The fourth-order valence-electron chi connectivity index (χ4n) is 3.17. The fourth-order valence-corrected chi connectivity index (χ4v) is 3.17. The zero-order valence-corrected chi connectivity index (χ0v) is 12.3. The second-order valence-corrected chi connectivity index (χ2v) is 6.53. The summed E-state index contributed by atoms with van der Waals surface area (Å²) < 4.78 is 0. The molecule has 0 saturated heterocycles. The molecule has 1 aromatic rings. The molecule has 4 heteroatoms. The van der Waals surface area contributed by atoms with E-state index in [-0.39, 0.29) is 17.4 Å².